The first-order valence-corrected chi connectivity index (χ1v) is 8.49. The van der Waals surface area contributed by atoms with Gasteiger partial charge in [-0.05, 0) is 31.7 Å². The van der Waals surface area contributed by atoms with Crippen molar-refractivity contribution in [3.63, 3.8) is 0 Å². The van der Waals surface area contributed by atoms with Crippen molar-refractivity contribution in [2.24, 2.45) is 11.8 Å². The Kier molecular flexibility index (Phi) is 4.96. The van der Waals surface area contributed by atoms with E-state index in [4.69, 9.17) is 16.3 Å². The molecule has 6 nitrogen and oxygen atoms in total. The summed E-state index contributed by atoms with van der Waals surface area (Å²) in [6.07, 6.45) is 0.611. The third-order valence-corrected chi connectivity index (χ3v) is 4.91. The molecule has 0 spiro atoms. The molecule has 2 fully saturated rings. The molecule has 130 valence electrons. The van der Waals surface area contributed by atoms with E-state index in [1.807, 2.05) is 11.9 Å². The largest absolute Gasteiger partial charge is 0.495 e. The average molecular weight is 352 g/mol. The van der Waals surface area contributed by atoms with Crippen LogP contribution in [0.1, 0.15) is 6.42 Å². The van der Waals surface area contributed by atoms with Gasteiger partial charge in [-0.3, -0.25) is 9.59 Å². The van der Waals surface area contributed by atoms with Crippen LogP contribution in [0.15, 0.2) is 18.2 Å². The fourth-order valence-electron chi connectivity index (χ4n) is 3.02. The van der Waals surface area contributed by atoms with Crippen LogP contribution < -0.4 is 10.1 Å². The van der Waals surface area contributed by atoms with Crippen LogP contribution in [0.5, 0.6) is 5.75 Å². The van der Waals surface area contributed by atoms with Gasteiger partial charge in [0.1, 0.15) is 5.75 Å². The number of ether oxygens (including phenoxy) is 1. The zero-order chi connectivity index (χ0) is 17.3. The maximum atomic E-state index is 12.5. The zero-order valence-corrected chi connectivity index (χ0v) is 14.7. The highest BCUT2D eigenvalue weighted by Crippen LogP contribution is 2.41. The van der Waals surface area contributed by atoms with Gasteiger partial charge in [0.05, 0.1) is 24.6 Å². The molecule has 1 aromatic carbocycles. The summed E-state index contributed by atoms with van der Waals surface area (Å²) in [4.78, 5) is 29.0. The Balaban J connectivity index is 1.58. The van der Waals surface area contributed by atoms with E-state index in [0.717, 1.165) is 26.2 Å². The first-order valence-electron chi connectivity index (χ1n) is 8.11. The van der Waals surface area contributed by atoms with E-state index in [1.165, 1.54) is 7.11 Å². The number of carbonyl (C=O) groups is 2. The van der Waals surface area contributed by atoms with Crippen LogP contribution in [0.25, 0.3) is 0 Å². The molecule has 2 aliphatic rings. The number of piperazine rings is 1. The minimum atomic E-state index is -0.263. The molecule has 1 N–H and O–H groups in total. The second-order valence-electron chi connectivity index (χ2n) is 6.41. The van der Waals surface area contributed by atoms with Gasteiger partial charge in [-0.2, -0.15) is 0 Å². The number of benzene rings is 1. The molecule has 1 saturated heterocycles. The van der Waals surface area contributed by atoms with E-state index >= 15 is 0 Å². The second-order valence-corrected chi connectivity index (χ2v) is 6.85. The first kappa shape index (κ1) is 17.0. The Hall–Kier alpha value is -1.79. The Morgan fingerprint density at radius 2 is 1.92 bits per heavy atom. The summed E-state index contributed by atoms with van der Waals surface area (Å²) in [5, 5.41) is 3.35. The Bertz CT molecular complexity index is 644. The van der Waals surface area contributed by atoms with Crippen LogP contribution in [0, 0.1) is 11.8 Å². The molecule has 1 aliphatic heterocycles. The van der Waals surface area contributed by atoms with Crippen LogP contribution in [-0.4, -0.2) is 62.0 Å². The number of hydrogen-bond acceptors (Lipinski definition) is 4. The second kappa shape index (κ2) is 6.99. The molecule has 24 heavy (non-hydrogen) atoms. The molecule has 0 aromatic heterocycles. The minimum Gasteiger partial charge on any atom is -0.495 e. The van der Waals surface area contributed by atoms with Crippen molar-refractivity contribution < 1.29 is 14.3 Å². The van der Waals surface area contributed by atoms with Crippen LogP contribution in [-0.2, 0) is 9.59 Å². The summed E-state index contributed by atoms with van der Waals surface area (Å²) in [6.45, 7) is 3.24. The molecule has 1 saturated carbocycles. The number of nitrogens with zero attached hydrogens (tertiary/aromatic N) is 2. The predicted molar refractivity (Wildman–Crippen MR) is 92.3 cm³/mol. The van der Waals surface area contributed by atoms with E-state index in [0.29, 0.717) is 22.9 Å². The fraction of sp³-hybridized carbons (Fsp3) is 0.529. The number of amides is 2. The van der Waals surface area contributed by atoms with Gasteiger partial charge < -0.3 is 19.9 Å². The number of rotatable bonds is 4. The quantitative estimate of drug-likeness (QED) is 0.896. The molecule has 0 radical (unpaired) electrons. The fourth-order valence-corrected chi connectivity index (χ4v) is 3.19. The van der Waals surface area contributed by atoms with Gasteiger partial charge in [-0.25, -0.2) is 0 Å². The van der Waals surface area contributed by atoms with Crippen molar-refractivity contribution in [2.45, 2.75) is 6.42 Å². The summed E-state index contributed by atoms with van der Waals surface area (Å²) in [5.41, 5.74) is 0.535. The van der Waals surface area contributed by atoms with E-state index < -0.39 is 0 Å². The van der Waals surface area contributed by atoms with Gasteiger partial charge >= 0.3 is 0 Å². The number of anilines is 1. The predicted octanol–water partition coefficient (Wildman–Crippen LogP) is 1.70. The summed E-state index contributed by atoms with van der Waals surface area (Å²) >= 11 is 5.97. The summed E-state index contributed by atoms with van der Waals surface area (Å²) in [5.74, 6) is 0.0409. The normalized spacial score (nSPS) is 23.7. The van der Waals surface area contributed by atoms with E-state index in [9.17, 15) is 9.59 Å². The molecule has 2 atom stereocenters. The monoisotopic (exact) mass is 351 g/mol. The maximum absolute atomic E-state index is 12.5. The van der Waals surface area contributed by atoms with Crippen molar-refractivity contribution in [3.05, 3.63) is 23.2 Å². The van der Waals surface area contributed by atoms with Crippen LogP contribution in [0.3, 0.4) is 0 Å². The molecular weight excluding hydrogens is 330 g/mol. The number of halogens is 1. The SMILES string of the molecule is COc1ccc(Cl)cc1NC(=O)C1CC1C(=O)N1CCN(C)CC1. The lowest BCUT2D eigenvalue weighted by Crippen LogP contribution is -2.48. The minimum absolute atomic E-state index is 0.0984. The number of nitrogens with one attached hydrogen (secondary N) is 1. The highest BCUT2D eigenvalue weighted by atomic mass is 35.5. The number of methoxy groups -OCH3 is 1. The van der Waals surface area contributed by atoms with Gasteiger partial charge in [-0.1, -0.05) is 11.6 Å². The van der Waals surface area contributed by atoms with Crippen LogP contribution >= 0.6 is 11.6 Å². The molecule has 2 unspecified atom stereocenters. The van der Waals surface area contributed by atoms with Crippen LogP contribution in [0.2, 0.25) is 5.02 Å². The Labute approximate surface area is 146 Å². The van der Waals surface area contributed by atoms with Crippen molar-refractivity contribution in [1.29, 1.82) is 0 Å². The van der Waals surface area contributed by atoms with Crippen molar-refractivity contribution in [1.82, 2.24) is 9.80 Å². The summed E-state index contributed by atoms with van der Waals surface area (Å²) in [7, 11) is 3.59. The van der Waals surface area contributed by atoms with Crippen molar-refractivity contribution >= 4 is 29.1 Å². The molecule has 7 heteroatoms. The number of carbonyl (C=O) groups excluding carboxylic acids is 2. The third kappa shape index (κ3) is 3.65. The molecule has 0 bridgehead atoms. The van der Waals surface area contributed by atoms with Crippen LogP contribution in [0.4, 0.5) is 5.69 Å². The average Bonchev–Trinajstić information content (AvgIpc) is 3.36. The molecule has 2 amide bonds. The molecule has 3 rings (SSSR count). The number of hydrogen-bond donors (Lipinski definition) is 1. The van der Waals surface area contributed by atoms with E-state index in [2.05, 4.69) is 10.2 Å². The summed E-state index contributed by atoms with van der Waals surface area (Å²) < 4.78 is 5.23. The van der Waals surface area contributed by atoms with E-state index in [1.54, 1.807) is 18.2 Å². The third-order valence-electron chi connectivity index (χ3n) is 4.68. The van der Waals surface area contributed by atoms with Gasteiger partial charge in [-0.15, -0.1) is 0 Å². The lowest BCUT2D eigenvalue weighted by molar-refractivity contribution is -0.135. The van der Waals surface area contributed by atoms with Crippen molar-refractivity contribution in [3.8, 4) is 5.75 Å². The van der Waals surface area contributed by atoms with E-state index in [-0.39, 0.29) is 23.7 Å². The summed E-state index contributed by atoms with van der Waals surface area (Å²) in [6, 6.07) is 5.06. The lowest BCUT2D eigenvalue weighted by Gasteiger charge is -2.32. The maximum Gasteiger partial charge on any atom is 0.228 e. The zero-order valence-electron chi connectivity index (χ0n) is 13.9. The number of likely N-dealkylation sites (N-methyl/N-ethyl adjacent to an activating group) is 1. The highest BCUT2D eigenvalue weighted by molar-refractivity contribution is 6.31. The van der Waals surface area contributed by atoms with Crippen molar-refractivity contribution in [2.75, 3.05) is 45.7 Å². The lowest BCUT2D eigenvalue weighted by atomic mass is 10.2. The van der Waals surface area contributed by atoms with Gasteiger partial charge in [0.25, 0.3) is 0 Å². The van der Waals surface area contributed by atoms with Gasteiger partial charge in [0.15, 0.2) is 0 Å². The topological polar surface area (TPSA) is 61.9 Å². The van der Waals surface area contributed by atoms with Gasteiger partial charge in [0, 0.05) is 31.2 Å². The smallest absolute Gasteiger partial charge is 0.228 e. The molecule has 1 heterocycles. The molecule has 1 aliphatic carbocycles. The highest BCUT2D eigenvalue weighted by Gasteiger charge is 2.49. The Morgan fingerprint density at radius 1 is 1.21 bits per heavy atom. The molecular formula is C17H22ClN3O3. The molecule has 1 aromatic rings. The first-order chi connectivity index (χ1) is 11.5. The Morgan fingerprint density at radius 3 is 2.58 bits per heavy atom. The standard InChI is InChI=1S/C17H22ClN3O3/c1-20-5-7-21(8-6-20)17(23)13-10-12(13)16(22)19-14-9-11(18)3-4-15(14)24-2/h3-4,9,12-13H,5-8,10H2,1-2H3,(H,19,22). The van der Waals surface area contributed by atoms with Gasteiger partial charge in [0.2, 0.25) is 11.8 Å².